The molecular weight excluding hydrogens is 298 g/mol. The molecule has 23 heavy (non-hydrogen) atoms. The normalized spacial score (nSPS) is 35.8. The molecule has 2 saturated heterocycles. The molecule has 7 heteroatoms. The first-order valence-corrected chi connectivity index (χ1v) is 7.78. The van der Waals surface area contributed by atoms with Gasteiger partial charge in [0.1, 0.15) is 29.8 Å². The number of aromatic nitrogens is 3. The Morgan fingerprint density at radius 3 is 2.83 bits per heavy atom. The van der Waals surface area contributed by atoms with Crippen LogP contribution in [0.15, 0.2) is 18.6 Å². The van der Waals surface area contributed by atoms with Crippen LogP contribution in [0.1, 0.15) is 32.7 Å². The van der Waals surface area contributed by atoms with Crippen LogP contribution in [-0.4, -0.2) is 49.8 Å². The lowest BCUT2D eigenvalue weighted by molar-refractivity contribution is -0.214. The van der Waals surface area contributed by atoms with Crippen molar-refractivity contribution in [3.05, 3.63) is 24.3 Å². The molecule has 4 rings (SSSR count). The van der Waals surface area contributed by atoms with Gasteiger partial charge in [0.05, 0.1) is 12.3 Å². The van der Waals surface area contributed by atoms with Crippen molar-refractivity contribution in [2.75, 3.05) is 6.61 Å². The predicted octanol–water partition coefficient (Wildman–Crippen LogP) is 1.54. The zero-order valence-corrected chi connectivity index (χ0v) is 13.7. The third-order valence-electron chi connectivity index (χ3n) is 4.79. The van der Waals surface area contributed by atoms with Crippen molar-refractivity contribution in [2.45, 2.75) is 57.5 Å². The van der Waals surface area contributed by atoms with Crippen LogP contribution in [0.25, 0.3) is 11.0 Å². The molecule has 0 amide bonds. The average Bonchev–Trinajstić information content (AvgIpc) is 3.07. The fraction of sp³-hybridized carbons (Fsp3) is 0.625. The van der Waals surface area contributed by atoms with Crippen molar-refractivity contribution in [3.8, 4) is 0 Å². The van der Waals surface area contributed by atoms with E-state index >= 15 is 0 Å². The molecular formula is C16H21N3O4. The Bertz CT molecular complexity index is 759. The van der Waals surface area contributed by atoms with Gasteiger partial charge in [0.2, 0.25) is 0 Å². The summed E-state index contributed by atoms with van der Waals surface area (Å²) in [5, 5.41) is 10.7. The average molecular weight is 319 g/mol. The quantitative estimate of drug-likeness (QED) is 0.904. The molecule has 124 valence electrons. The van der Waals surface area contributed by atoms with E-state index in [0.29, 0.717) is 0 Å². The first kappa shape index (κ1) is 15.0. The molecule has 0 saturated carbocycles. The van der Waals surface area contributed by atoms with Crippen molar-refractivity contribution in [3.63, 3.8) is 0 Å². The van der Waals surface area contributed by atoms with Crippen LogP contribution in [0.2, 0.25) is 0 Å². The third-order valence-corrected chi connectivity index (χ3v) is 4.79. The number of aryl methyl sites for hydroxylation is 1. The van der Waals surface area contributed by atoms with E-state index in [1.165, 1.54) is 0 Å². The van der Waals surface area contributed by atoms with E-state index in [9.17, 15) is 5.11 Å². The van der Waals surface area contributed by atoms with Crippen LogP contribution in [0.3, 0.4) is 0 Å². The SMILES string of the molecule is Cc1ncnc2c1ccn2[C@@H]1O[C@H](CO)[C@@]2(C)OC(C)(C)O[C@@H]12. The zero-order chi connectivity index (χ0) is 16.4. The highest BCUT2D eigenvalue weighted by atomic mass is 16.8. The number of hydrogen-bond acceptors (Lipinski definition) is 6. The molecule has 0 aromatic carbocycles. The molecule has 2 aromatic heterocycles. The van der Waals surface area contributed by atoms with Gasteiger partial charge in [-0.1, -0.05) is 0 Å². The molecule has 0 spiro atoms. The van der Waals surface area contributed by atoms with Gasteiger partial charge in [-0.2, -0.15) is 0 Å². The molecule has 0 unspecified atom stereocenters. The van der Waals surface area contributed by atoms with Crippen molar-refractivity contribution in [1.29, 1.82) is 0 Å². The largest absolute Gasteiger partial charge is 0.394 e. The van der Waals surface area contributed by atoms with Crippen molar-refractivity contribution >= 4 is 11.0 Å². The molecule has 1 N–H and O–H groups in total. The van der Waals surface area contributed by atoms with E-state index < -0.39 is 23.7 Å². The second-order valence-electron chi connectivity index (χ2n) is 6.84. The second-order valence-corrected chi connectivity index (χ2v) is 6.84. The predicted molar refractivity (Wildman–Crippen MR) is 81.7 cm³/mol. The minimum absolute atomic E-state index is 0.129. The Hall–Kier alpha value is -1.54. The Morgan fingerprint density at radius 2 is 2.09 bits per heavy atom. The van der Waals surface area contributed by atoms with E-state index in [2.05, 4.69) is 9.97 Å². The maximum Gasteiger partial charge on any atom is 0.165 e. The Kier molecular flexibility index (Phi) is 3.09. The van der Waals surface area contributed by atoms with Crippen LogP contribution < -0.4 is 0 Å². The summed E-state index contributed by atoms with van der Waals surface area (Å²) in [7, 11) is 0. The molecule has 0 aliphatic carbocycles. The molecule has 0 radical (unpaired) electrons. The number of aliphatic hydroxyl groups excluding tert-OH is 1. The molecule has 4 heterocycles. The van der Waals surface area contributed by atoms with Crippen LogP contribution in [0.4, 0.5) is 0 Å². The topological polar surface area (TPSA) is 78.6 Å². The summed E-state index contributed by atoms with van der Waals surface area (Å²) < 4.78 is 20.2. The molecule has 2 aromatic rings. The van der Waals surface area contributed by atoms with Gasteiger partial charge in [0.25, 0.3) is 0 Å². The smallest absolute Gasteiger partial charge is 0.165 e. The second kappa shape index (κ2) is 4.73. The van der Waals surface area contributed by atoms with Crippen molar-refractivity contribution in [2.24, 2.45) is 0 Å². The van der Waals surface area contributed by atoms with E-state index in [1.807, 2.05) is 44.5 Å². The molecule has 7 nitrogen and oxygen atoms in total. The monoisotopic (exact) mass is 319 g/mol. The van der Waals surface area contributed by atoms with Gasteiger partial charge in [-0.05, 0) is 33.8 Å². The highest BCUT2D eigenvalue weighted by Gasteiger charge is 2.63. The molecule has 2 fully saturated rings. The first-order valence-electron chi connectivity index (χ1n) is 7.78. The number of rotatable bonds is 2. The fourth-order valence-corrected chi connectivity index (χ4v) is 3.74. The number of aliphatic hydroxyl groups is 1. The standard InChI is InChI=1S/C16H21N3O4/c1-9-10-5-6-19(13(10)18-8-17-9)14-12-16(4,11(7-20)21-14)23-15(2,3)22-12/h5-6,8,11-12,14,20H,7H2,1-4H3/t11-,12+,14-,16-/m1/s1. The van der Waals surface area contributed by atoms with Gasteiger partial charge < -0.3 is 23.9 Å². The number of ether oxygens (including phenoxy) is 3. The summed E-state index contributed by atoms with van der Waals surface area (Å²) in [6.45, 7) is 7.50. The van der Waals surface area contributed by atoms with E-state index in [-0.39, 0.29) is 12.7 Å². The van der Waals surface area contributed by atoms with E-state index in [1.54, 1.807) is 6.33 Å². The first-order chi connectivity index (χ1) is 10.9. The molecule has 2 aliphatic rings. The van der Waals surface area contributed by atoms with Crippen molar-refractivity contribution in [1.82, 2.24) is 14.5 Å². The van der Waals surface area contributed by atoms with Crippen LogP contribution in [-0.2, 0) is 14.2 Å². The summed E-state index contributed by atoms with van der Waals surface area (Å²) in [5.74, 6) is -0.720. The summed E-state index contributed by atoms with van der Waals surface area (Å²) in [6.07, 6.45) is 2.26. The number of hydrogen-bond donors (Lipinski definition) is 1. The van der Waals surface area contributed by atoms with Crippen LogP contribution in [0, 0.1) is 6.92 Å². The summed E-state index contributed by atoms with van der Waals surface area (Å²) in [5.41, 5.74) is 0.996. The Labute approximate surface area is 134 Å². The third kappa shape index (κ3) is 2.04. The molecule has 0 bridgehead atoms. The van der Waals surface area contributed by atoms with Gasteiger partial charge >= 0.3 is 0 Å². The number of nitrogens with zero attached hydrogens (tertiary/aromatic N) is 3. The highest BCUT2D eigenvalue weighted by molar-refractivity contribution is 5.78. The van der Waals surface area contributed by atoms with Crippen LogP contribution in [0.5, 0.6) is 0 Å². The lowest BCUT2D eigenvalue weighted by Crippen LogP contribution is -2.45. The Balaban J connectivity index is 1.81. The van der Waals surface area contributed by atoms with E-state index in [0.717, 1.165) is 16.7 Å². The number of fused-ring (bicyclic) bond motifs is 2. The Morgan fingerprint density at radius 1 is 1.30 bits per heavy atom. The highest BCUT2D eigenvalue weighted by Crippen LogP contribution is 2.50. The van der Waals surface area contributed by atoms with Gasteiger partial charge in [0, 0.05) is 11.6 Å². The van der Waals surface area contributed by atoms with Gasteiger partial charge in [0.15, 0.2) is 12.0 Å². The summed E-state index contributed by atoms with van der Waals surface area (Å²) in [4.78, 5) is 8.60. The molecule has 2 aliphatic heterocycles. The summed E-state index contributed by atoms with van der Waals surface area (Å²) in [6, 6.07) is 1.97. The minimum Gasteiger partial charge on any atom is -0.394 e. The van der Waals surface area contributed by atoms with Crippen molar-refractivity contribution < 1.29 is 19.3 Å². The van der Waals surface area contributed by atoms with Gasteiger partial charge in [-0.3, -0.25) is 0 Å². The van der Waals surface area contributed by atoms with Crippen LogP contribution >= 0.6 is 0 Å². The minimum atomic E-state index is -0.720. The zero-order valence-electron chi connectivity index (χ0n) is 13.7. The fourth-order valence-electron chi connectivity index (χ4n) is 3.74. The maximum atomic E-state index is 9.73. The van der Waals surface area contributed by atoms with Gasteiger partial charge in [-0.25, -0.2) is 9.97 Å². The van der Waals surface area contributed by atoms with Gasteiger partial charge in [-0.15, -0.1) is 0 Å². The lowest BCUT2D eigenvalue weighted by Gasteiger charge is -2.28. The maximum absolute atomic E-state index is 9.73. The lowest BCUT2D eigenvalue weighted by atomic mass is 9.95. The molecule has 4 atom stereocenters. The van der Waals surface area contributed by atoms with E-state index in [4.69, 9.17) is 14.2 Å². The summed E-state index contributed by atoms with van der Waals surface area (Å²) >= 11 is 0.